The molecule has 1 aromatic carbocycles. The molecule has 3 rings (SSSR count). The SMILES string of the molecule is Cc1c(CNC(C)c2cc(F)ccc2N2CCOCC2)cnn1C. The lowest BCUT2D eigenvalue weighted by molar-refractivity contribution is 0.122. The van der Waals surface area contributed by atoms with Gasteiger partial charge in [-0.2, -0.15) is 5.10 Å². The first-order valence-corrected chi connectivity index (χ1v) is 8.39. The summed E-state index contributed by atoms with van der Waals surface area (Å²) in [5, 5.41) is 7.76. The summed E-state index contributed by atoms with van der Waals surface area (Å²) < 4.78 is 21.1. The molecule has 1 atom stereocenters. The summed E-state index contributed by atoms with van der Waals surface area (Å²) in [5.74, 6) is -0.201. The Hall–Kier alpha value is -1.92. The van der Waals surface area contributed by atoms with Crippen LogP contribution in [-0.2, 0) is 18.3 Å². The fraction of sp³-hybridized carbons (Fsp3) is 0.500. The van der Waals surface area contributed by atoms with Gasteiger partial charge in [-0.3, -0.25) is 4.68 Å². The molecule has 2 heterocycles. The molecule has 0 bridgehead atoms. The third-order valence-electron chi connectivity index (χ3n) is 4.74. The average molecular weight is 332 g/mol. The minimum Gasteiger partial charge on any atom is -0.378 e. The molecule has 1 aliphatic rings. The van der Waals surface area contributed by atoms with E-state index in [2.05, 4.69) is 29.2 Å². The highest BCUT2D eigenvalue weighted by Gasteiger charge is 2.19. The molecule has 0 amide bonds. The van der Waals surface area contributed by atoms with Crippen molar-refractivity contribution in [1.82, 2.24) is 15.1 Å². The minimum absolute atomic E-state index is 0.0400. The van der Waals surface area contributed by atoms with Crippen molar-refractivity contribution < 1.29 is 9.13 Å². The molecule has 0 spiro atoms. The molecule has 1 saturated heterocycles. The van der Waals surface area contributed by atoms with E-state index in [0.29, 0.717) is 19.8 Å². The zero-order valence-corrected chi connectivity index (χ0v) is 14.6. The van der Waals surface area contributed by atoms with Gasteiger partial charge in [-0.1, -0.05) is 0 Å². The van der Waals surface area contributed by atoms with Gasteiger partial charge in [0.2, 0.25) is 0 Å². The molecule has 1 fully saturated rings. The second kappa shape index (κ2) is 7.32. The van der Waals surface area contributed by atoms with Crippen molar-refractivity contribution >= 4 is 5.69 Å². The van der Waals surface area contributed by atoms with E-state index >= 15 is 0 Å². The van der Waals surface area contributed by atoms with E-state index in [0.717, 1.165) is 35.6 Å². The van der Waals surface area contributed by atoms with Crippen LogP contribution in [0.1, 0.15) is 29.8 Å². The van der Waals surface area contributed by atoms with Gasteiger partial charge in [-0.25, -0.2) is 4.39 Å². The summed E-state index contributed by atoms with van der Waals surface area (Å²) >= 11 is 0. The summed E-state index contributed by atoms with van der Waals surface area (Å²) in [6.45, 7) is 7.95. The molecule has 2 aromatic rings. The molecular formula is C18H25FN4O. The van der Waals surface area contributed by atoms with Gasteiger partial charge in [-0.15, -0.1) is 0 Å². The highest BCUT2D eigenvalue weighted by atomic mass is 19.1. The molecule has 0 aliphatic carbocycles. The van der Waals surface area contributed by atoms with E-state index < -0.39 is 0 Å². The Balaban J connectivity index is 1.76. The topological polar surface area (TPSA) is 42.3 Å². The maximum atomic E-state index is 13.8. The molecule has 5 nitrogen and oxygen atoms in total. The summed E-state index contributed by atoms with van der Waals surface area (Å²) in [7, 11) is 1.94. The second-order valence-corrected chi connectivity index (χ2v) is 6.28. The maximum absolute atomic E-state index is 13.8. The predicted molar refractivity (Wildman–Crippen MR) is 92.6 cm³/mol. The van der Waals surface area contributed by atoms with Crippen LogP contribution in [0.15, 0.2) is 24.4 Å². The monoisotopic (exact) mass is 332 g/mol. The molecule has 1 aromatic heterocycles. The number of ether oxygens (including phenoxy) is 1. The molecule has 0 radical (unpaired) electrons. The van der Waals surface area contributed by atoms with Gasteiger partial charge in [0, 0.05) is 49.7 Å². The van der Waals surface area contributed by atoms with Crippen molar-refractivity contribution in [3.05, 3.63) is 47.0 Å². The fourth-order valence-corrected chi connectivity index (χ4v) is 3.06. The third-order valence-corrected chi connectivity index (χ3v) is 4.74. The van der Waals surface area contributed by atoms with Crippen molar-refractivity contribution in [2.24, 2.45) is 7.05 Å². The highest BCUT2D eigenvalue weighted by molar-refractivity contribution is 5.55. The van der Waals surface area contributed by atoms with Gasteiger partial charge < -0.3 is 15.0 Å². The third kappa shape index (κ3) is 3.60. The Morgan fingerprint density at radius 1 is 1.33 bits per heavy atom. The van der Waals surface area contributed by atoms with Crippen LogP contribution >= 0.6 is 0 Å². The van der Waals surface area contributed by atoms with E-state index in [4.69, 9.17) is 4.74 Å². The van der Waals surface area contributed by atoms with Gasteiger partial charge in [0.05, 0.1) is 19.4 Å². The van der Waals surface area contributed by atoms with E-state index in [-0.39, 0.29) is 11.9 Å². The van der Waals surface area contributed by atoms with Crippen LogP contribution in [0.3, 0.4) is 0 Å². The Bertz CT molecular complexity index is 694. The van der Waals surface area contributed by atoms with Gasteiger partial charge in [0.25, 0.3) is 0 Å². The molecular weight excluding hydrogens is 307 g/mol. The molecule has 130 valence electrons. The van der Waals surface area contributed by atoms with Crippen LogP contribution in [0.25, 0.3) is 0 Å². The van der Waals surface area contributed by atoms with Crippen LogP contribution in [0.2, 0.25) is 0 Å². The van der Waals surface area contributed by atoms with Crippen molar-refractivity contribution in [3.8, 4) is 0 Å². The number of aromatic nitrogens is 2. The number of anilines is 1. The van der Waals surface area contributed by atoms with Gasteiger partial charge in [0.15, 0.2) is 0 Å². The first-order valence-electron chi connectivity index (χ1n) is 8.39. The molecule has 1 unspecified atom stereocenters. The Morgan fingerprint density at radius 2 is 2.08 bits per heavy atom. The first-order chi connectivity index (χ1) is 11.6. The van der Waals surface area contributed by atoms with E-state index in [1.807, 2.05) is 24.0 Å². The zero-order valence-electron chi connectivity index (χ0n) is 14.6. The summed E-state index contributed by atoms with van der Waals surface area (Å²) in [6, 6.07) is 5.09. The van der Waals surface area contributed by atoms with Crippen LogP contribution < -0.4 is 10.2 Å². The predicted octanol–water partition coefficient (Wildman–Crippen LogP) is 2.56. The average Bonchev–Trinajstić information content (AvgIpc) is 2.92. The van der Waals surface area contributed by atoms with E-state index in [1.54, 1.807) is 6.07 Å². The van der Waals surface area contributed by atoms with Gasteiger partial charge >= 0.3 is 0 Å². The Kier molecular flexibility index (Phi) is 5.16. The second-order valence-electron chi connectivity index (χ2n) is 6.28. The lowest BCUT2D eigenvalue weighted by Crippen LogP contribution is -2.37. The molecule has 24 heavy (non-hydrogen) atoms. The Morgan fingerprint density at radius 3 is 2.75 bits per heavy atom. The number of halogens is 1. The number of aryl methyl sites for hydroxylation is 1. The number of rotatable bonds is 5. The van der Waals surface area contributed by atoms with Gasteiger partial charge in [0.1, 0.15) is 5.82 Å². The fourth-order valence-electron chi connectivity index (χ4n) is 3.06. The maximum Gasteiger partial charge on any atom is 0.123 e. The van der Waals surface area contributed by atoms with Crippen molar-refractivity contribution in [2.45, 2.75) is 26.4 Å². The molecule has 0 saturated carbocycles. The summed E-state index contributed by atoms with van der Waals surface area (Å²) in [4.78, 5) is 2.27. The van der Waals surface area contributed by atoms with Gasteiger partial charge in [-0.05, 0) is 37.6 Å². The lowest BCUT2D eigenvalue weighted by atomic mass is 10.0. The number of nitrogens with one attached hydrogen (secondary N) is 1. The standard InChI is InChI=1S/C18H25FN4O/c1-13(20-11-15-12-21-22(3)14(15)2)17-10-16(19)4-5-18(17)23-6-8-24-9-7-23/h4-5,10,12-13,20H,6-9,11H2,1-3H3. The first kappa shape index (κ1) is 16.9. The number of hydrogen-bond acceptors (Lipinski definition) is 4. The molecule has 6 heteroatoms. The smallest absolute Gasteiger partial charge is 0.123 e. The van der Waals surface area contributed by atoms with Crippen LogP contribution in [-0.4, -0.2) is 36.1 Å². The van der Waals surface area contributed by atoms with E-state index in [1.165, 1.54) is 6.07 Å². The highest BCUT2D eigenvalue weighted by Crippen LogP contribution is 2.28. The minimum atomic E-state index is -0.201. The van der Waals surface area contributed by atoms with Crippen molar-refractivity contribution in [1.29, 1.82) is 0 Å². The normalized spacial score (nSPS) is 16.4. The Labute approximate surface area is 142 Å². The van der Waals surface area contributed by atoms with E-state index in [9.17, 15) is 4.39 Å². The summed E-state index contributed by atoms with van der Waals surface area (Å²) in [5.41, 5.74) is 4.37. The van der Waals surface area contributed by atoms with Crippen molar-refractivity contribution in [2.75, 3.05) is 31.2 Å². The summed E-state index contributed by atoms with van der Waals surface area (Å²) in [6.07, 6.45) is 1.88. The zero-order chi connectivity index (χ0) is 17.1. The number of nitrogens with zero attached hydrogens (tertiary/aromatic N) is 3. The van der Waals surface area contributed by atoms with Crippen LogP contribution in [0, 0.1) is 12.7 Å². The molecule has 1 aliphatic heterocycles. The van der Waals surface area contributed by atoms with Crippen molar-refractivity contribution in [3.63, 3.8) is 0 Å². The quantitative estimate of drug-likeness (QED) is 0.914. The van der Waals surface area contributed by atoms with Crippen LogP contribution in [0.5, 0.6) is 0 Å². The lowest BCUT2D eigenvalue weighted by Gasteiger charge is -2.32. The largest absolute Gasteiger partial charge is 0.378 e. The number of benzene rings is 1. The number of hydrogen-bond donors (Lipinski definition) is 1. The number of morpholine rings is 1. The molecule has 1 N–H and O–H groups in total. The van der Waals surface area contributed by atoms with Crippen LogP contribution in [0.4, 0.5) is 10.1 Å².